The van der Waals surface area contributed by atoms with Crippen LogP contribution in [0.1, 0.15) is 51.7 Å². The molecular formula is C29H32Cl4O6. The van der Waals surface area contributed by atoms with E-state index in [1.54, 1.807) is 38.1 Å². The summed E-state index contributed by atoms with van der Waals surface area (Å²) in [4.78, 5) is 22.9. The second-order valence-electron chi connectivity index (χ2n) is 9.40. The molecule has 0 radical (unpaired) electrons. The van der Waals surface area contributed by atoms with E-state index in [9.17, 15) is 9.59 Å². The summed E-state index contributed by atoms with van der Waals surface area (Å²) in [5, 5.41) is 1.37. The largest absolute Gasteiger partial charge is 0.490 e. The molecule has 0 saturated heterocycles. The molecule has 212 valence electrons. The van der Waals surface area contributed by atoms with E-state index in [2.05, 4.69) is 13.2 Å². The third-order valence-corrected chi connectivity index (χ3v) is 6.80. The molecule has 0 aliphatic carbocycles. The fourth-order valence-electron chi connectivity index (χ4n) is 3.33. The Morgan fingerprint density at radius 3 is 1.26 bits per heavy atom. The Bertz CT molecular complexity index is 1100. The first kappa shape index (κ1) is 32.8. The van der Waals surface area contributed by atoms with E-state index in [1.165, 1.54) is 0 Å². The molecule has 0 unspecified atom stereocenters. The van der Waals surface area contributed by atoms with Crippen molar-refractivity contribution in [3.63, 3.8) is 0 Å². The monoisotopic (exact) mass is 616 g/mol. The molecule has 6 nitrogen and oxygen atoms in total. The molecule has 0 aromatic heterocycles. The molecule has 0 N–H and O–H groups in total. The number of ether oxygens (including phenoxy) is 4. The minimum atomic E-state index is -0.578. The summed E-state index contributed by atoms with van der Waals surface area (Å²) in [5.41, 5.74) is 1.73. The Labute approximate surface area is 249 Å². The van der Waals surface area contributed by atoms with Crippen molar-refractivity contribution >= 4 is 58.3 Å². The number of esters is 2. The lowest BCUT2D eigenvalue weighted by atomic mass is 9.78. The highest BCUT2D eigenvalue weighted by molar-refractivity contribution is 6.38. The zero-order valence-corrected chi connectivity index (χ0v) is 25.5. The van der Waals surface area contributed by atoms with Crippen LogP contribution in [0, 0.1) is 0 Å². The van der Waals surface area contributed by atoms with E-state index in [4.69, 9.17) is 65.4 Å². The van der Waals surface area contributed by atoms with Gasteiger partial charge in [0.15, 0.2) is 11.5 Å². The van der Waals surface area contributed by atoms with E-state index in [0.29, 0.717) is 55.6 Å². The number of hydrogen-bond acceptors (Lipinski definition) is 6. The summed E-state index contributed by atoms with van der Waals surface area (Å²) >= 11 is 26.1. The van der Waals surface area contributed by atoms with Gasteiger partial charge in [0.1, 0.15) is 0 Å². The average Bonchev–Trinajstić information content (AvgIpc) is 2.85. The first-order chi connectivity index (χ1) is 18.2. The first-order valence-electron chi connectivity index (χ1n) is 12.2. The normalized spacial score (nSPS) is 11.1. The molecule has 2 aromatic carbocycles. The van der Waals surface area contributed by atoms with Gasteiger partial charge in [-0.05, 0) is 49.2 Å². The van der Waals surface area contributed by atoms with Crippen LogP contribution >= 0.6 is 46.4 Å². The molecule has 2 aromatic rings. The van der Waals surface area contributed by atoms with Gasteiger partial charge in [0.05, 0.1) is 46.5 Å². The van der Waals surface area contributed by atoms with Gasteiger partial charge in [-0.1, -0.05) is 73.4 Å². The Morgan fingerprint density at radius 2 is 0.974 bits per heavy atom. The van der Waals surface area contributed by atoms with Crippen molar-refractivity contribution in [3.8, 4) is 11.5 Å². The molecule has 0 saturated carbocycles. The summed E-state index contributed by atoms with van der Waals surface area (Å²) in [5.74, 6) is -0.200. The molecule has 0 heterocycles. The topological polar surface area (TPSA) is 71.1 Å². The number of benzene rings is 2. The molecule has 0 spiro atoms. The highest BCUT2D eigenvalue weighted by atomic mass is 35.5. The summed E-state index contributed by atoms with van der Waals surface area (Å²) in [7, 11) is 0. The average molecular weight is 618 g/mol. The summed E-state index contributed by atoms with van der Waals surface area (Å²) in [6.07, 6.45) is 0.925. The van der Waals surface area contributed by atoms with Crippen molar-refractivity contribution in [3.05, 3.63) is 79.8 Å². The molecule has 0 bridgehead atoms. The zero-order valence-electron chi connectivity index (χ0n) is 22.4. The van der Waals surface area contributed by atoms with Gasteiger partial charge in [0.25, 0.3) is 0 Å². The van der Waals surface area contributed by atoms with Crippen LogP contribution in [0.15, 0.2) is 48.6 Å². The van der Waals surface area contributed by atoms with Crippen molar-refractivity contribution in [1.82, 2.24) is 0 Å². The summed E-state index contributed by atoms with van der Waals surface area (Å²) in [6, 6.07) is 7.12. The smallest absolute Gasteiger partial charge is 0.333 e. The van der Waals surface area contributed by atoms with Crippen LogP contribution < -0.4 is 9.47 Å². The van der Waals surface area contributed by atoms with Gasteiger partial charge in [-0.3, -0.25) is 0 Å². The molecule has 0 aliphatic rings. The predicted molar refractivity (Wildman–Crippen MR) is 157 cm³/mol. The van der Waals surface area contributed by atoms with Crippen LogP contribution in [-0.2, 0) is 24.5 Å². The van der Waals surface area contributed by atoms with Crippen LogP contribution in [0.5, 0.6) is 11.5 Å². The van der Waals surface area contributed by atoms with Crippen molar-refractivity contribution in [2.45, 2.75) is 46.0 Å². The number of halogens is 4. The predicted octanol–water partition coefficient (Wildman–Crippen LogP) is 8.40. The number of rotatable bonds is 14. The minimum Gasteiger partial charge on any atom is -0.490 e. The molecule has 10 heteroatoms. The van der Waals surface area contributed by atoms with Crippen molar-refractivity contribution in [2.24, 2.45) is 0 Å². The maximum Gasteiger partial charge on any atom is 0.333 e. The van der Waals surface area contributed by atoms with Gasteiger partial charge < -0.3 is 18.9 Å². The van der Waals surface area contributed by atoms with Gasteiger partial charge in [0, 0.05) is 29.4 Å². The fraction of sp³-hybridized carbons (Fsp3) is 0.379. The molecule has 2 rings (SSSR count). The Morgan fingerprint density at radius 1 is 0.667 bits per heavy atom. The van der Waals surface area contributed by atoms with Gasteiger partial charge >= 0.3 is 11.9 Å². The number of carbonyl (C=O) groups excluding carboxylic acids is 2. The summed E-state index contributed by atoms with van der Waals surface area (Å²) in [6.45, 7) is 15.1. The van der Waals surface area contributed by atoms with Crippen LogP contribution in [-0.4, -0.2) is 38.4 Å². The van der Waals surface area contributed by atoms with E-state index >= 15 is 0 Å². The van der Waals surface area contributed by atoms with E-state index < -0.39 is 17.4 Å². The van der Waals surface area contributed by atoms with Crippen LogP contribution in [0.4, 0.5) is 0 Å². The van der Waals surface area contributed by atoms with Gasteiger partial charge in [0.2, 0.25) is 0 Å². The Balaban J connectivity index is 2.07. The molecule has 0 fully saturated rings. The van der Waals surface area contributed by atoms with E-state index in [1.807, 2.05) is 13.8 Å². The van der Waals surface area contributed by atoms with Crippen molar-refractivity contribution in [2.75, 3.05) is 26.4 Å². The SMILES string of the molecule is C=C(C)C(=O)OCCCOc1c(Cl)cc(C(C)(C)c2cc(Cl)c(OCCCOC(=O)C(=C)C)c(Cl)c2)cc1Cl. The lowest BCUT2D eigenvalue weighted by molar-refractivity contribution is -0.140. The standard InChI is InChI=1S/C29H32Cl4O6/c1-17(2)27(34)38-11-7-9-36-25-21(30)13-19(14-22(25)31)29(5,6)20-15-23(32)26(24(33)16-20)37-10-8-12-39-28(35)18(3)4/h13-16H,1,3,7-12H2,2,4-6H3. The van der Waals surface area contributed by atoms with E-state index in [-0.39, 0.29) is 26.4 Å². The van der Waals surface area contributed by atoms with Gasteiger partial charge in [-0.25, -0.2) is 9.59 Å². The highest BCUT2D eigenvalue weighted by Gasteiger charge is 2.28. The van der Waals surface area contributed by atoms with Crippen molar-refractivity contribution in [1.29, 1.82) is 0 Å². The maximum absolute atomic E-state index is 11.5. The van der Waals surface area contributed by atoms with Gasteiger partial charge in [-0.15, -0.1) is 0 Å². The van der Waals surface area contributed by atoms with Crippen LogP contribution in [0.2, 0.25) is 20.1 Å². The Hall–Kier alpha value is -2.38. The van der Waals surface area contributed by atoms with Crippen LogP contribution in [0.25, 0.3) is 0 Å². The minimum absolute atomic E-state index is 0.190. The lowest BCUT2D eigenvalue weighted by Gasteiger charge is -2.28. The van der Waals surface area contributed by atoms with Gasteiger partial charge in [-0.2, -0.15) is 0 Å². The zero-order chi connectivity index (χ0) is 29.3. The first-order valence-corrected chi connectivity index (χ1v) is 13.7. The fourth-order valence-corrected chi connectivity index (χ4v) is 4.52. The number of hydrogen-bond donors (Lipinski definition) is 0. The second-order valence-corrected chi connectivity index (χ2v) is 11.0. The Kier molecular flexibility index (Phi) is 12.5. The lowest BCUT2D eigenvalue weighted by Crippen LogP contribution is -2.19. The van der Waals surface area contributed by atoms with Crippen molar-refractivity contribution < 1.29 is 28.5 Å². The number of carbonyl (C=O) groups is 2. The van der Waals surface area contributed by atoms with Crippen LogP contribution in [0.3, 0.4) is 0 Å². The maximum atomic E-state index is 11.5. The second kappa shape index (κ2) is 14.8. The summed E-state index contributed by atoms with van der Waals surface area (Å²) < 4.78 is 21.6. The third kappa shape index (κ3) is 9.35. The molecule has 0 amide bonds. The highest BCUT2D eigenvalue weighted by Crippen LogP contribution is 2.43. The molecule has 0 aliphatic heterocycles. The molecular weight excluding hydrogens is 586 g/mol. The van der Waals surface area contributed by atoms with E-state index in [0.717, 1.165) is 11.1 Å². The molecule has 0 atom stereocenters. The third-order valence-electron chi connectivity index (χ3n) is 5.67. The quantitative estimate of drug-likeness (QED) is 0.120. The molecule has 39 heavy (non-hydrogen) atoms.